The van der Waals surface area contributed by atoms with Gasteiger partial charge in [0.05, 0.1) is 24.9 Å². The number of benzene rings is 2. The van der Waals surface area contributed by atoms with E-state index in [4.69, 9.17) is 9.84 Å². The summed E-state index contributed by atoms with van der Waals surface area (Å²) in [4.78, 5) is 36.3. The van der Waals surface area contributed by atoms with Crippen LogP contribution in [0.15, 0.2) is 42.5 Å². The number of carbonyl (C=O) groups excluding carboxylic acids is 1. The summed E-state index contributed by atoms with van der Waals surface area (Å²) in [7, 11) is 0. The zero-order valence-corrected chi connectivity index (χ0v) is 23.2. The van der Waals surface area contributed by atoms with Crippen LogP contribution >= 0.6 is 11.3 Å². The van der Waals surface area contributed by atoms with Crippen molar-refractivity contribution in [3.05, 3.63) is 63.6 Å². The second kappa shape index (κ2) is 11.7. The smallest absolute Gasteiger partial charge is 0.317 e. The molecule has 0 saturated carbocycles. The molecule has 0 aliphatic carbocycles. The second-order valence-corrected chi connectivity index (χ2v) is 11.8. The van der Waals surface area contributed by atoms with E-state index < -0.39 is 5.97 Å². The lowest BCUT2D eigenvalue weighted by atomic mass is 9.98. The fourth-order valence-electron chi connectivity index (χ4n) is 5.94. The van der Waals surface area contributed by atoms with E-state index in [0.717, 1.165) is 77.6 Å². The monoisotopic (exact) mass is 562 g/mol. The van der Waals surface area contributed by atoms with Crippen LogP contribution in [-0.2, 0) is 24.2 Å². The van der Waals surface area contributed by atoms with E-state index in [1.807, 2.05) is 34.1 Å². The molecule has 0 spiro atoms. The van der Waals surface area contributed by atoms with E-state index in [1.165, 1.54) is 11.3 Å². The fraction of sp³-hybridized carbons (Fsp3) is 0.433. The average molecular weight is 563 g/mol. The number of hydrogen-bond acceptors (Lipinski definition) is 8. The minimum Gasteiger partial charge on any atom is -0.494 e. The standard InChI is InChI=1S/C30H34N4O5S/c35-21-8-12-32(17-21)11-3-15-39-22-5-1-4-20(16-22)23-6-2-7-26-24(23)9-14-34(26)30(38)29-31-25-10-13-33(19-28(36)37)18-27(25)40-29/h1-2,4-7,16,21,35H,3,8-15,17-19H2,(H,36,37). The zero-order chi connectivity index (χ0) is 27.6. The largest absolute Gasteiger partial charge is 0.494 e. The number of carboxylic acid groups (broad SMARTS) is 1. The number of rotatable bonds is 9. The number of carbonyl (C=O) groups is 2. The number of thiazole rings is 1. The molecule has 4 heterocycles. The van der Waals surface area contributed by atoms with Gasteiger partial charge < -0.3 is 24.7 Å². The Morgan fingerprint density at radius 2 is 1.95 bits per heavy atom. The quantitative estimate of drug-likeness (QED) is 0.383. The van der Waals surface area contributed by atoms with Crippen molar-refractivity contribution in [2.24, 2.45) is 0 Å². The summed E-state index contributed by atoms with van der Waals surface area (Å²) >= 11 is 1.39. The van der Waals surface area contributed by atoms with Crippen molar-refractivity contribution < 1.29 is 24.5 Å². The van der Waals surface area contributed by atoms with Crippen molar-refractivity contribution >= 4 is 28.9 Å². The van der Waals surface area contributed by atoms with Gasteiger partial charge in [0.15, 0.2) is 5.01 Å². The average Bonchev–Trinajstić information content (AvgIpc) is 3.68. The zero-order valence-electron chi connectivity index (χ0n) is 22.4. The molecule has 1 unspecified atom stereocenters. The van der Waals surface area contributed by atoms with Crippen LogP contribution in [0, 0.1) is 0 Å². The Kier molecular flexibility index (Phi) is 7.84. The molecule has 210 valence electrons. The van der Waals surface area contributed by atoms with Crippen molar-refractivity contribution in [3.8, 4) is 16.9 Å². The predicted molar refractivity (Wildman–Crippen MR) is 153 cm³/mol. The fourth-order valence-corrected chi connectivity index (χ4v) is 7.04. The molecule has 0 bridgehead atoms. The molecule has 1 amide bonds. The molecule has 10 heteroatoms. The number of fused-ring (bicyclic) bond motifs is 2. The molecule has 1 aromatic heterocycles. The molecule has 9 nitrogen and oxygen atoms in total. The second-order valence-electron chi connectivity index (χ2n) is 10.7. The van der Waals surface area contributed by atoms with Gasteiger partial charge in [0.2, 0.25) is 0 Å². The third-order valence-electron chi connectivity index (χ3n) is 7.90. The van der Waals surface area contributed by atoms with Crippen LogP contribution in [0.4, 0.5) is 5.69 Å². The first-order valence-corrected chi connectivity index (χ1v) is 14.8. The molecule has 3 aliphatic heterocycles. The third-order valence-corrected chi connectivity index (χ3v) is 8.98. The van der Waals surface area contributed by atoms with Crippen molar-refractivity contribution in [1.29, 1.82) is 0 Å². The van der Waals surface area contributed by atoms with Crippen molar-refractivity contribution in [1.82, 2.24) is 14.8 Å². The maximum Gasteiger partial charge on any atom is 0.317 e. The summed E-state index contributed by atoms with van der Waals surface area (Å²) in [5, 5.41) is 19.3. The number of likely N-dealkylation sites (tertiary alicyclic amines) is 1. The highest BCUT2D eigenvalue weighted by Gasteiger charge is 2.31. The van der Waals surface area contributed by atoms with Gasteiger partial charge in [0.1, 0.15) is 5.75 Å². The maximum absolute atomic E-state index is 13.6. The molecule has 1 atom stereocenters. The molecule has 1 fully saturated rings. The van der Waals surface area contributed by atoms with Gasteiger partial charge in [-0.25, -0.2) is 4.98 Å². The first-order valence-electron chi connectivity index (χ1n) is 13.9. The molecule has 3 aromatic rings. The molecule has 2 aromatic carbocycles. The summed E-state index contributed by atoms with van der Waals surface area (Å²) < 4.78 is 6.06. The summed E-state index contributed by atoms with van der Waals surface area (Å²) in [6.07, 6.45) is 2.99. The molecule has 40 heavy (non-hydrogen) atoms. The number of ether oxygens (including phenoxy) is 1. The van der Waals surface area contributed by atoms with Crippen LogP contribution < -0.4 is 9.64 Å². The van der Waals surface area contributed by atoms with Crippen LogP contribution in [0.1, 0.15) is 38.8 Å². The number of nitrogens with zero attached hydrogens (tertiary/aromatic N) is 4. The summed E-state index contributed by atoms with van der Waals surface area (Å²) in [5.74, 6) is -0.111. The Labute approximate surface area is 237 Å². The minimum absolute atomic E-state index is 0.00124. The Balaban J connectivity index is 1.13. The predicted octanol–water partition coefficient (Wildman–Crippen LogP) is 3.29. The number of aliphatic hydroxyl groups excluding tert-OH is 1. The SMILES string of the molecule is O=C(O)CN1CCc2nc(C(=O)N3CCc4c(-c5cccc(OCCCN6CCC(O)C6)c5)cccc43)sc2C1. The topological polar surface area (TPSA) is 106 Å². The van der Waals surface area contributed by atoms with E-state index in [1.54, 1.807) is 0 Å². The highest BCUT2D eigenvalue weighted by molar-refractivity contribution is 7.13. The number of β-amino-alcohol motifs (C(OH)–C–C–N with tert-alkyl or cyclic N) is 1. The minimum atomic E-state index is -0.843. The number of aliphatic carboxylic acids is 1. The maximum atomic E-state index is 13.6. The number of aromatic nitrogens is 1. The lowest BCUT2D eigenvalue weighted by molar-refractivity contribution is -0.138. The van der Waals surface area contributed by atoms with Crippen molar-refractivity contribution in [3.63, 3.8) is 0 Å². The highest BCUT2D eigenvalue weighted by Crippen LogP contribution is 2.38. The van der Waals surface area contributed by atoms with E-state index in [0.29, 0.717) is 37.7 Å². The first kappa shape index (κ1) is 26.9. The van der Waals surface area contributed by atoms with Crippen LogP contribution in [0.5, 0.6) is 5.75 Å². The molecule has 2 N–H and O–H groups in total. The summed E-state index contributed by atoms with van der Waals surface area (Å²) in [6, 6.07) is 14.2. The number of aliphatic hydroxyl groups is 1. The van der Waals surface area contributed by atoms with Gasteiger partial charge in [-0.3, -0.25) is 14.5 Å². The molecule has 3 aliphatic rings. The lowest BCUT2D eigenvalue weighted by Crippen LogP contribution is -2.34. The van der Waals surface area contributed by atoms with Gasteiger partial charge in [-0.1, -0.05) is 24.3 Å². The summed E-state index contributed by atoms with van der Waals surface area (Å²) in [6.45, 7) is 5.01. The Morgan fingerprint density at radius 1 is 1.07 bits per heavy atom. The number of carboxylic acids is 1. The van der Waals surface area contributed by atoms with Gasteiger partial charge in [-0.15, -0.1) is 11.3 Å². The Morgan fingerprint density at radius 3 is 2.77 bits per heavy atom. The van der Waals surface area contributed by atoms with Crippen LogP contribution in [0.2, 0.25) is 0 Å². The lowest BCUT2D eigenvalue weighted by Gasteiger charge is -2.23. The normalized spacial score (nSPS) is 19.0. The third kappa shape index (κ3) is 5.76. The first-order chi connectivity index (χ1) is 19.4. The number of anilines is 1. The molecular formula is C30H34N4O5S. The van der Waals surface area contributed by atoms with Crippen molar-refractivity contribution in [2.45, 2.75) is 38.3 Å². The van der Waals surface area contributed by atoms with E-state index in [2.05, 4.69) is 28.1 Å². The Hall–Kier alpha value is -3.31. The van der Waals surface area contributed by atoms with Gasteiger partial charge in [-0.2, -0.15) is 0 Å². The van der Waals surface area contributed by atoms with Gasteiger partial charge >= 0.3 is 5.97 Å². The molecule has 0 radical (unpaired) electrons. The van der Waals surface area contributed by atoms with Gasteiger partial charge in [0, 0.05) is 56.3 Å². The van der Waals surface area contributed by atoms with E-state index >= 15 is 0 Å². The molecule has 6 rings (SSSR count). The van der Waals surface area contributed by atoms with Crippen LogP contribution in [0.3, 0.4) is 0 Å². The van der Waals surface area contributed by atoms with Crippen LogP contribution in [-0.4, -0.2) is 88.9 Å². The number of amides is 1. The number of hydrogen-bond donors (Lipinski definition) is 2. The summed E-state index contributed by atoms with van der Waals surface area (Å²) in [5.41, 5.74) is 5.15. The van der Waals surface area contributed by atoms with E-state index in [-0.39, 0.29) is 18.6 Å². The van der Waals surface area contributed by atoms with Crippen LogP contribution in [0.25, 0.3) is 11.1 Å². The Bertz CT molecular complexity index is 1410. The molecular weight excluding hydrogens is 528 g/mol. The highest BCUT2D eigenvalue weighted by atomic mass is 32.1. The van der Waals surface area contributed by atoms with E-state index in [9.17, 15) is 14.7 Å². The van der Waals surface area contributed by atoms with Crippen molar-refractivity contribution in [2.75, 3.05) is 50.8 Å². The van der Waals surface area contributed by atoms with Gasteiger partial charge in [-0.05, 0) is 54.2 Å². The van der Waals surface area contributed by atoms with Gasteiger partial charge in [0.25, 0.3) is 5.91 Å². The molecule has 1 saturated heterocycles.